The average Bonchev–Trinajstić information content (AvgIpc) is 2.72. The molecule has 0 saturated heterocycles. The SMILES string of the molecule is Cn1ncc2ccc(NN=C(C#N)C#N)cc21. The number of rotatable bonds is 2. The van der Waals surface area contributed by atoms with Gasteiger partial charge in [-0.15, -0.1) is 0 Å². The van der Waals surface area contributed by atoms with Gasteiger partial charge in [0.1, 0.15) is 12.1 Å². The predicted octanol–water partition coefficient (Wildman–Crippen LogP) is 1.39. The van der Waals surface area contributed by atoms with Crippen molar-refractivity contribution in [2.75, 3.05) is 5.43 Å². The van der Waals surface area contributed by atoms with E-state index in [1.165, 1.54) is 0 Å². The summed E-state index contributed by atoms with van der Waals surface area (Å²) in [4.78, 5) is 0. The number of aromatic nitrogens is 2. The normalized spacial score (nSPS) is 9.35. The van der Waals surface area contributed by atoms with Crippen LogP contribution in [0.4, 0.5) is 5.69 Å². The van der Waals surface area contributed by atoms with Crippen LogP contribution >= 0.6 is 0 Å². The molecular formula is C11H8N6. The molecule has 0 unspecified atom stereocenters. The lowest BCUT2D eigenvalue weighted by atomic mass is 10.2. The summed E-state index contributed by atoms with van der Waals surface area (Å²) < 4.78 is 1.74. The fourth-order valence-electron chi connectivity index (χ4n) is 1.41. The molecule has 0 atom stereocenters. The molecule has 6 heteroatoms. The number of hydrazone groups is 1. The van der Waals surface area contributed by atoms with Crippen molar-refractivity contribution in [2.24, 2.45) is 12.1 Å². The first kappa shape index (κ1) is 10.7. The van der Waals surface area contributed by atoms with Crippen LogP contribution in [0.15, 0.2) is 29.5 Å². The molecule has 1 aromatic heterocycles. The summed E-state index contributed by atoms with van der Waals surface area (Å²) in [5.41, 5.74) is 4.09. The van der Waals surface area contributed by atoms with Crippen molar-refractivity contribution >= 4 is 22.3 Å². The van der Waals surface area contributed by atoms with Crippen molar-refractivity contribution < 1.29 is 0 Å². The third-order valence-electron chi connectivity index (χ3n) is 2.26. The van der Waals surface area contributed by atoms with Gasteiger partial charge in [-0.1, -0.05) is 0 Å². The molecule has 0 fully saturated rings. The van der Waals surface area contributed by atoms with Gasteiger partial charge in [-0.05, 0) is 18.2 Å². The molecule has 1 aromatic carbocycles. The lowest BCUT2D eigenvalue weighted by Gasteiger charge is -2.00. The Morgan fingerprint density at radius 3 is 2.88 bits per heavy atom. The molecular weight excluding hydrogens is 216 g/mol. The van der Waals surface area contributed by atoms with Gasteiger partial charge < -0.3 is 0 Å². The predicted molar refractivity (Wildman–Crippen MR) is 63.0 cm³/mol. The topological polar surface area (TPSA) is 89.8 Å². The van der Waals surface area contributed by atoms with Crippen molar-refractivity contribution in [3.63, 3.8) is 0 Å². The minimum atomic E-state index is -0.213. The molecule has 2 rings (SSSR count). The van der Waals surface area contributed by atoms with E-state index in [1.54, 1.807) is 29.1 Å². The molecule has 6 nitrogen and oxygen atoms in total. The van der Waals surface area contributed by atoms with E-state index in [1.807, 2.05) is 19.2 Å². The summed E-state index contributed by atoms with van der Waals surface area (Å²) >= 11 is 0. The Kier molecular flexibility index (Phi) is 2.71. The van der Waals surface area contributed by atoms with Crippen molar-refractivity contribution in [3.8, 4) is 12.1 Å². The number of fused-ring (bicyclic) bond motifs is 1. The monoisotopic (exact) mass is 224 g/mol. The van der Waals surface area contributed by atoms with E-state index in [9.17, 15) is 0 Å². The Bertz CT molecular complexity index is 651. The van der Waals surface area contributed by atoms with E-state index >= 15 is 0 Å². The summed E-state index contributed by atoms with van der Waals surface area (Å²) in [6, 6.07) is 8.89. The lowest BCUT2D eigenvalue weighted by molar-refractivity contribution is 0.797. The van der Waals surface area contributed by atoms with Crippen molar-refractivity contribution in [3.05, 3.63) is 24.4 Å². The molecule has 0 aliphatic carbocycles. The number of nitrogens with zero attached hydrogens (tertiary/aromatic N) is 5. The molecule has 0 spiro atoms. The number of nitrogens with one attached hydrogen (secondary N) is 1. The van der Waals surface area contributed by atoms with Crippen molar-refractivity contribution in [1.82, 2.24) is 9.78 Å². The highest BCUT2D eigenvalue weighted by molar-refractivity contribution is 6.10. The van der Waals surface area contributed by atoms with Gasteiger partial charge in [-0.25, -0.2) is 0 Å². The third-order valence-corrected chi connectivity index (χ3v) is 2.26. The first-order chi connectivity index (χ1) is 8.24. The molecule has 0 amide bonds. The Labute approximate surface area is 97.4 Å². The second-order valence-corrected chi connectivity index (χ2v) is 3.34. The van der Waals surface area contributed by atoms with Gasteiger partial charge in [0, 0.05) is 12.4 Å². The maximum Gasteiger partial charge on any atom is 0.237 e. The van der Waals surface area contributed by atoms with Gasteiger partial charge in [0.15, 0.2) is 0 Å². The number of anilines is 1. The highest BCUT2D eigenvalue weighted by Gasteiger charge is 2.00. The first-order valence-electron chi connectivity index (χ1n) is 4.80. The number of aryl methyl sites for hydroxylation is 1. The Morgan fingerprint density at radius 2 is 2.18 bits per heavy atom. The quantitative estimate of drug-likeness (QED) is 0.616. The summed E-state index contributed by atoms with van der Waals surface area (Å²) in [6.07, 6.45) is 1.76. The van der Waals surface area contributed by atoms with E-state index in [-0.39, 0.29) is 5.71 Å². The highest BCUT2D eigenvalue weighted by atomic mass is 15.3. The van der Waals surface area contributed by atoms with E-state index in [0.717, 1.165) is 10.9 Å². The molecule has 0 radical (unpaired) electrons. The van der Waals surface area contributed by atoms with Crippen LogP contribution < -0.4 is 5.43 Å². The molecule has 2 aromatic rings. The number of hydrogen-bond donors (Lipinski definition) is 1. The number of nitriles is 2. The Balaban J connectivity index is 2.32. The largest absolute Gasteiger partial charge is 0.276 e. The van der Waals surface area contributed by atoms with Crippen LogP contribution in [0.1, 0.15) is 0 Å². The summed E-state index contributed by atoms with van der Waals surface area (Å²) in [5, 5.41) is 25.9. The highest BCUT2D eigenvalue weighted by Crippen LogP contribution is 2.18. The van der Waals surface area contributed by atoms with Crippen molar-refractivity contribution in [1.29, 1.82) is 10.5 Å². The zero-order chi connectivity index (χ0) is 12.3. The van der Waals surface area contributed by atoms with E-state index in [2.05, 4.69) is 15.6 Å². The molecule has 1 N–H and O–H groups in total. The standard InChI is InChI=1S/C11H8N6/c1-17-11-4-9(3-2-8(11)7-14-17)15-16-10(5-12)6-13/h2-4,7,15H,1H3. The zero-order valence-corrected chi connectivity index (χ0v) is 9.05. The van der Waals surface area contributed by atoms with Crippen LogP contribution in [0, 0.1) is 22.7 Å². The first-order valence-corrected chi connectivity index (χ1v) is 4.80. The van der Waals surface area contributed by atoms with Crippen LogP contribution in [-0.2, 0) is 7.05 Å². The summed E-state index contributed by atoms with van der Waals surface area (Å²) in [7, 11) is 1.84. The van der Waals surface area contributed by atoms with E-state index in [0.29, 0.717) is 5.69 Å². The van der Waals surface area contributed by atoms with E-state index < -0.39 is 0 Å². The molecule has 0 aliphatic heterocycles. The van der Waals surface area contributed by atoms with E-state index in [4.69, 9.17) is 10.5 Å². The summed E-state index contributed by atoms with van der Waals surface area (Å²) in [6.45, 7) is 0. The molecule has 0 bridgehead atoms. The van der Waals surface area contributed by atoms with Gasteiger partial charge in [-0.2, -0.15) is 20.7 Å². The fourth-order valence-corrected chi connectivity index (χ4v) is 1.41. The third kappa shape index (κ3) is 2.06. The molecule has 0 aliphatic rings. The maximum atomic E-state index is 8.53. The van der Waals surface area contributed by atoms with Gasteiger partial charge in [0.25, 0.3) is 0 Å². The average molecular weight is 224 g/mol. The second kappa shape index (κ2) is 4.33. The molecule has 82 valence electrons. The van der Waals surface area contributed by atoms with Crippen LogP contribution in [0.25, 0.3) is 10.9 Å². The van der Waals surface area contributed by atoms with Gasteiger partial charge >= 0.3 is 0 Å². The van der Waals surface area contributed by atoms with Crippen LogP contribution in [0.3, 0.4) is 0 Å². The van der Waals surface area contributed by atoms with Crippen LogP contribution in [-0.4, -0.2) is 15.5 Å². The minimum Gasteiger partial charge on any atom is -0.276 e. The summed E-state index contributed by atoms with van der Waals surface area (Å²) in [5.74, 6) is 0. The van der Waals surface area contributed by atoms with Gasteiger partial charge in [0.05, 0.1) is 17.4 Å². The minimum absolute atomic E-state index is 0.213. The zero-order valence-electron chi connectivity index (χ0n) is 9.05. The maximum absolute atomic E-state index is 8.53. The second-order valence-electron chi connectivity index (χ2n) is 3.34. The Morgan fingerprint density at radius 1 is 1.41 bits per heavy atom. The molecule has 17 heavy (non-hydrogen) atoms. The smallest absolute Gasteiger partial charge is 0.237 e. The van der Waals surface area contributed by atoms with Crippen molar-refractivity contribution in [2.45, 2.75) is 0 Å². The fraction of sp³-hybridized carbons (Fsp3) is 0.0909. The van der Waals surface area contributed by atoms with Crippen LogP contribution in [0.5, 0.6) is 0 Å². The van der Waals surface area contributed by atoms with Crippen LogP contribution in [0.2, 0.25) is 0 Å². The van der Waals surface area contributed by atoms with Gasteiger partial charge in [-0.3, -0.25) is 10.1 Å². The van der Waals surface area contributed by atoms with Gasteiger partial charge in [0.2, 0.25) is 5.71 Å². The molecule has 0 saturated carbocycles. The Hall–Kier alpha value is -2.86. The molecule has 1 heterocycles. The number of hydrogen-bond acceptors (Lipinski definition) is 5. The lowest BCUT2D eigenvalue weighted by Crippen LogP contribution is -1.96. The number of benzene rings is 1.